The molecule has 2 heterocycles. The number of alkyl halides is 3. The average Bonchev–Trinajstić information content (AvgIpc) is 3.22. The number of benzene rings is 2. The second kappa shape index (κ2) is 9.61. The molecule has 0 bridgehead atoms. The van der Waals surface area contributed by atoms with Crippen LogP contribution in [0.4, 0.5) is 19.0 Å². The van der Waals surface area contributed by atoms with E-state index < -0.39 is 35.4 Å². The van der Waals surface area contributed by atoms with Gasteiger partial charge in [-0.1, -0.05) is 35.9 Å². The molecule has 0 saturated heterocycles. The molecule has 0 aliphatic carbocycles. The predicted molar refractivity (Wildman–Crippen MR) is 124 cm³/mol. The van der Waals surface area contributed by atoms with Gasteiger partial charge in [0.25, 0.3) is 5.91 Å². The first-order valence-corrected chi connectivity index (χ1v) is 11.2. The van der Waals surface area contributed by atoms with Gasteiger partial charge in [-0.25, -0.2) is 9.48 Å². The van der Waals surface area contributed by atoms with Gasteiger partial charge in [-0.15, -0.1) is 0 Å². The van der Waals surface area contributed by atoms with Crippen molar-refractivity contribution in [3.63, 3.8) is 0 Å². The molecule has 0 fully saturated rings. The minimum Gasteiger partial charge on any atom is -0.478 e. The van der Waals surface area contributed by atoms with Crippen LogP contribution in [0, 0.1) is 0 Å². The zero-order chi connectivity index (χ0) is 25.3. The van der Waals surface area contributed by atoms with Crippen molar-refractivity contribution in [2.24, 2.45) is 0 Å². The number of fused-ring (bicyclic) bond motifs is 1. The second-order valence-corrected chi connectivity index (χ2v) is 8.73. The molecule has 1 unspecified atom stereocenters. The third kappa shape index (κ3) is 5.27. The number of halogens is 4. The average molecular weight is 507 g/mol. The van der Waals surface area contributed by atoms with Gasteiger partial charge >= 0.3 is 12.1 Å². The number of aromatic nitrogens is 2. The van der Waals surface area contributed by atoms with Crippen molar-refractivity contribution in [3.05, 3.63) is 81.5 Å². The highest BCUT2D eigenvalue weighted by Crippen LogP contribution is 2.38. The van der Waals surface area contributed by atoms with Crippen LogP contribution in [-0.2, 0) is 19.3 Å². The summed E-state index contributed by atoms with van der Waals surface area (Å²) < 4.78 is 43.0. The van der Waals surface area contributed by atoms with Gasteiger partial charge in [0.05, 0.1) is 11.6 Å². The summed E-state index contributed by atoms with van der Waals surface area (Å²) in [5.41, 5.74) is -0.316. The Hall–Kier alpha value is -3.53. The number of hydrogen-bond acceptors (Lipinski definition) is 4. The minimum atomic E-state index is -4.82. The highest BCUT2D eigenvalue weighted by atomic mass is 35.5. The van der Waals surface area contributed by atoms with E-state index in [1.165, 1.54) is 28.9 Å². The molecule has 0 saturated carbocycles. The van der Waals surface area contributed by atoms with Gasteiger partial charge in [0.1, 0.15) is 11.4 Å². The fraction of sp³-hybridized carbons (Fsp3) is 0.292. The van der Waals surface area contributed by atoms with Crippen LogP contribution in [0.5, 0.6) is 0 Å². The molecule has 1 aliphatic heterocycles. The first-order valence-electron chi connectivity index (χ1n) is 10.9. The summed E-state index contributed by atoms with van der Waals surface area (Å²) in [4.78, 5) is 26.0. The highest BCUT2D eigenvalue weighted by Gasteiger charge is 2.43. The van der Waals surface area contributed by atoms with E-state index in [2.05, 4.69) is 10.4 Å². The van der Waals surface area contributed by atoms with Crippen LogP contribution < -0.4 is 10.2 Å². The number of nitrogens with one attached hydrogen (secondary N) is 1. The maximum Gasteiger partial charge on any atom is 0.436 e. The summed E-state index contributed by atoms with van der Waals surface area (Å²) in [5, 5.41) is 16.0. The van der Waals surface area contributed by atoms with E-state index in [0.29, 0.717) is 23.6 Å². The van der Waals surface area contributed by atoms with E-state index in [1.807, 2.05) is 0 Å². The number of carbonyl (C=O) groups excluding carboxylic acids is 1. The van der Waals surface area contributed by atoms with Crippen LogP contribution in [0.2, 0.25) is 5.02 Å². The number of carboxylic acids is 1. The lowest BCUT2D eigenvalue weighted by Gasteiger charge is -2.30. The number of anilines is 1. The molecule has 1 aromatic heterocycles. The second-order valence-electron chi connectivity index (χ2n) is 8.29. The van der Waals surface area contributed by atoms with E-state index in [9.17, 15) is 22.8 Å². The number of aryl methyl sites for hydroxylation is 1. The van der Waals surface area contributed by atoms with Crippen LogP contribution in [0.15, 0.2) is 48.5 Å². The largest absolute Gasteiger partial charge is 0.478 e. The molecular weight excluding hydrogens is 485 g/mol. The Balaban J connectivity index is 1.67. The first kappa shape index (κ1) is 24.6. The number of hydrogen-bond donors (Lipinski definition) is 2. The van der Waals surface area contributed by atoms with Crippen molar-refractivity contribution < 1.29 is 27.9 Å². The van der Waals surface area contributed by atoms with E-state index in [0.717, 1.165) is 5.56 Å². The van der Waals surface area contributed by atoms with Crippen LogP contribution in [0.1, 0.15) is 56.9 Å². The van der Waals surface area contributed by atoms with Gasteiger partial charge in [-0.3, -0.25) is 4.79 Å². The van der Waals surface area contributed by atoms with Crippen molar-refractivity contribution in [3.8, 4) is 0 Å². The monoisotopic (exact) mass is 506 g/mol. The quantitative estimate of drug-likeness (QED) is 0.482. The first-order chi connectivity index (χ1) is 16.5. The maximum atomic E-state index is 13.9. The number of amides is 1. The fourth-order valence-corrected chi connectivity index (χ4v) is 4.21. The topological polar surface area (TPSA) is 87.5 Å². The minimum absolute atomic E-state index is 0.0650. The molecule has 7 nitrogen and oxygen atoms in total. The van der Waals surface area contributed by atoms with Gasteiger partial charge < -0.3 is 15.3 Å². The van der Waals surface area contributed by atoms with E-state index >= 15 is 0 Å². The van der Waals surface area contributed by atoms with Gasteiger partial charge in [0, 0.05) is 24.7 Å². The zero-order valence-electron chi connectivity index (χ0n) is 18.6. The Labute approximate surface area is 204 Å². The number of nitrogens with zero attached hydrogens (tertiary/aromatic N) is 3. The summed E-state index contributed by atoms with van der Waals surface area (Å²) >= 11 is 5.94. The van der Waals surface area contributed by atoms with Crippen molar-refractivity contribution in [2.75, 3.05) is 11.4 Å². The summed E-state index contributed by atoms with van der Waals surface area (Å²) in [5.74, 6) is -1.89. The van der Waals surface area contributed by atoms with Gasteiger partial charge in [-0.2, -0.15) is 18.3 Å². The van der Waals surface area contributed by atoms with Crippen molar-refractivity contribution in [1.29, 1.82) is 0 Å². The van der Waals surface area contributed by atoms with Gasteiger partial charge in [-0.05, 0) is 48.7 Å². The molecule has 2 N–H and O–H groups in total. The smallest absolute Gasteiger partial charge is 0.436 e. The summed E-state index contributed by atoms with van der Waals surface area (Å²) in [6.45, 7) is 2.61. The van der Waals surface area contributed by atoms with Crippen LogP contribution >= 0.6 is 11.6 Å². The van der Waals surface area contributed by atoms with E-state index in [4.69, 9.17) is 16.7 Å². The summed E-state index contributed by atoms with van der Waals surface area (Å²) in [6.07, 6.45) is -4.25. The van der Waals surface area contributed by atoms with Crippen molar-refractivity contribution >= 4 is 29.3 Å². The molecule has 0 spiro atoms. The Morgan fingerprint density at radius 1 is 1.11 bits per heavy atom. The number of rotatable bonds is 6. The van der Waals surface area contributed by atoms with Crippen molar-refractivity contribution in [2.45, 2.75) is 38.7 Å². The Bertz CT molecular complexity index is 1240. The lowest BCUT2D eigenvalue weighted by molar-refractivity contribution is -0.141. The third-order valence-corrected chi connectivity index (χ3v) is 6.06. The fourth-order valence-electron chi connectivity index (χ4n) is 4.09. The molecule has 0 radical (unpaired) electrons. The standard InChI is InChI=1S/C24H22ClF3N4O3/c1-14(16-5-7-17(8-6-16)23(34)35)29-21(33)19-20(24(26,27)28)30-32-12-2-11-31(22(19)32)13-15-3-9-18(25)10-4-15/h3-10,14H,2,11-13H2,1H3,(H,29,33)(H,34,35). The number of carboxylic acid groups (broad SMARTS) is 1. The molecule has 3 aromatic rings. The molecule has 2 aromatic carbocycles. The predicted octanol–water partition coefficient (Wildman–Crippen LogP) is 5.15. The molecule has 1 aliphatic rings. The lowest BCUT2D eigenvalue weighted by atomic mass is 10.0. The summed E-state index contributed by atoms with van der Waals surface area (Å²) in [6, 6.07) is 12.1. The van der Waals surface area contributed by atoms with Crippen LogP contribution in [0.3, 0.4) is 0 Å². The Morgan fingerprint density at radius 2 is 1.77 bits per heavy atom. The van der Waals surface area contributed by atoms with Crippen LogP contribution in [-0.4, -0.2) is 33.3 Å². The Morgan fingerprint density at radius 3 is 2.37 bits per heavy atom. The normalized spacial score (nSPS) is 14.4. The van der Waals surface area contributed by atoms with Crippen LogP contribution in [0.25, 0.3) is 0 Å². The van der Waals surface area contributed by atoms with E-state index in [-0.39, 0.29) is 24.5 Å². The van der Waals surface area contributed by atoms with Crippen molar-refractivity contribution in [1.82, 2.24) is 15.1 Å². The van der Waals surface area contributed by atoms with Gasteiger partial charge in [0.2, 0.25) is 0 Å². The lowest BCUT2D eigenvalue weighted by Crippen LogP contribution is -2.35. The molecule has 184 valence electrons. The van der Waals surface area contributed by atoms with Gasteiger partial charge in [0.15, 0.2) is 5.69 Å². The molecule has 11 heteroatoms. The molecular formula is C24H22ClF3N4O3. The molecule has 1 atom stereocenters. The number of aromatic carboxylic acids is 1. The zero-order valence-corrected chi connectivity index (χ0v) is 19.4. The third-order valence-electron chi connectivity index (χ3n) is 5.81. The maximum absolute atomic E-state index is 13.9. The molecule has 4 rings (SSSR count). The number of carbonyl (C=O) groups is 2. The molecule has 35 heavy (non-hydrogen) atoms. The Kier molecular flexibility index (Phi) is 6.75. The highest BCUT2D eigenvalue weighted by molar-refractivity contribution is 6.30. The summed E-state index contributed by atoms with van der Waals surface area (Å²) in [7, 11) is 0. The SMILES string of the molecule is CC(NC(=O)c1c(C(F)(F)F)nn2c1N(Cc1ccc(Cl)cc1)CCC2)c1ccc(C(=O)O)cc1. The van der Waals surface area contributed by atoms with E-state index in [1.54, 1.807) is 36.1 Å². The molecule has 1 amide bonds.